The molecule has 0 fully saturated rings. The first-order valence-electron chi connectivity index (χ1n) is 7.90. The molecule has 0 atom stereocenters. The molecule has 0 aliphatic rings. The predicted molar refractivity (Wildman–Crippen MR) is 113 cm³/mol. The normalized spacial score (nSPS) is 12.7. The molecule has 0 saturated carbocycles. The van der Waals surface area contributed by atoms with E-state index in [0.717, 1.165) is 0 Å². The standard InChI is InChI=1S/C17H28Cl2O6P2/c1-13(2)9-22-26(20,23-10-14(3)4)17(18,19)27(21,24-11-15(5)6)25-12-16(7)8/h1,3,5,7,9-12H2,2,4,6,8H3. The Morgan fingerprint density at radius 2 is 0.852 bits per heavy atom. The lowest BCUT2D eigenvalue weighted by atomic mass is 10.4. The first-order valence-corrected chi connectivity index (χ1v) is 11.7. The minimum atomic E-state index is -4.43. The van der Waals surface area contributed by atoms with Crippen LogP contribution in [-0.2, 0) is 27.2 Å². The van der Waals surface area contributed by atoms with Gasteiger partial charge >= 0.3 is 19.0 Å². The highest BCUT2D eigenvalue weighted by Crippen LogP contribution is 2.81. The van der Waals surface area contributed by atoms with Crippen LogP contribution < -0.4 is 0 Å². The SMILES string of the molecule is C=C(C)COP(=O)(OCC(=C)C)C(Cl)(Cl)P(=O)(OCC(=C)C)OCC(=C)C. The third-order valence-corrected chi connectivity index (χ3v) is 9.73. The van der Waals surface area contributed by atoms with E-state index in [9.17, 15) is 9.13 Å². The van der Waals surface area contributed by atoms with Gasteiger partial charge in [0.2, 0.25) is 0 Å². The van der Waals surface area contributed by atoms with Crippen molar-refractivity contribution in [2.24, 2.45) is 0 Å². The van der Waals surface area contributed by atoms with E-state index in [1.54, 1.807) is 27.7 Å². The molecule has 27 heavy (non-hydrogen) atoms. The Bertz CT molecular complexity index is 587. The van der Waals surface area contributed by atoms with Gasteiger partial charge in [-0.3, -0.25) is 9.13 Å². The Kier molecular flexibility index (Phi) is 11.1. The average molecular weight is 461 g/mol. The molecule has 0 rings (SSSR count). The lowest BCUT2D eigenvalue weighted by Crippen LogP contribution is -2.23. The van der Waals surface area contributed by atoms with Crippen LogP contribution in [0, 0.1) is 0 Å². The largest absolute Gasteiger partial charge is 0.379 e. The van der Waals surface area contributed by atoms with E-state index in [1.807, 2.05) is 0 Å². The Morgan fingerprint density at radius 1 is 0.667 bits per heavy atom. The third kappa shape index (κ3) is 8.39. The zero-order valence-corrected chi connectivity index (χ0v) is 19.6. The highest BCUT2D eigenvalue weighted by atomic mass is 35.5. The molecular weight excluding hydrogens is 433 g/mol. The predicted octanol–water partition coefficient (Wildman–Crippen LogP) is 6.83. The second-order valence-corrected chi connectivity index (χ2v) is 13.5. The lowest BCUT2D eigenvalue weighted by Gasteiger charge is -2.34. The van der Waals surface area contributed by atoms with Gasteiger partial charge in [-0.25, -0.2) is 0 Å². The lowest BCUT2D eigenvalue weighted by molar-refractivity contribution is 0.208. The van der Waals surface area contributed by atoms with Gasteiger partial charge in [0.25, 0.3) is 0 Å². The molecule has 6 nitrogen and oxygen atoms in total. The van der Waals surface area contributed by atoms with Crippen molar-refractivity contribution < 1.29 is 27.2 Å². The second-order valence-electron chi connectivity index (χ2n) is 6.43. The fraction of sp³-hybridized carbons (Fsp3) is 0.529. The molecule has 0 bridgehead atoms. The summed E-state index contributed by atoms with van der Waals surface area (Å²) in [5.41, 5.74) is 2.11. The Hall–Kier alpha value is -0.160. The molecule has 0 unspecified atom stereocenters. The van der Waals surface area contributed by atoms with Crippen LogP contribution in [0.4, 0.5) is 0 Å². The molecule has 0 amide bonds. The van der Waals surface area contributed by atoms with Gasteiger partial charge in [-0.1, -0.05) is 71.8 Å². The van der Waals surface area contributed by atoms with Gasteiger partial charge in [0, 0.05) is 0 Å². The number of halogens is 2. The van der Waals surface area contributed by atoms with Crippen LogP contribution in [0.2, 0.25) is 0 Å². The van der Waals surface area contributed by atoms with Crippen LogP contribution in [-0.4, -0.2) is 30.2 Å². The van der Waals surface area contributed by atoms with Crippen molar-refractivity contribution in [2.75, 3.05) is 26.4 Å². The maximum Gasteiger partial charge on any atom is 0.379 e. The molecule has 0 aromatic rings. The molecule has 0 aromatic carbocycles. The molecule has 0 heterocycles. The van der Waals surface area contributed by atoms with Crippen molar-refractivity contribution in [1.29, 1.82) is 0 Å². The first-order chi connectivity index (χ1) is 12.2. The van der Waals surface area contributed by atoms with Gasteiger partial charge in [0.15, 0.2) is 0 Å². The third-order valence-electron chi connectivity index (χ3n) is 2.58. The van der Waals surface area contributed by atoms with Crippen molar-refractivity contribution >= 4 is 38.4 Å². The summed E-state index contributed by atoms with van der Waals surface area (Å²) in [5, 5.41) is 0. The topological polar surface area (TPSA) is 71.1 Å². The van der Waals surface area contributed by atoms with Gasteiger partial charge in [-0.05, 0) is 27.7 Å². The molecule has 0 aliphatic carbocycles. The summed E-state index contributed by atoms with van der Waals surface area (Å²) in [4.78, 5) is 0. The molecular formula is C17H28Cl2O6P2. The monoisotopic (exact) mass is 460 g/mol. The summed E-state index contributed by atoms with van der Waals surface area (Å²) in [6.07, 6.45) is 0. The van der Waals surface area contributed by atoms with E-state index in [4.69, 9.17) is 41.3 Å². The van der Waals surface area contributed by atoms with Gasteiger partial charge in [-0.2, -0.15) is 0 Å². The zero-order chi connectivity index (χ0) is 21.5. The molecule has 0 saturated heterocycles. The fourth-order valence-electron chi connectivity index (χ4n) is 1.32. The maximum absolute atomic E-state index is 13.4. The average Bonchev–Trinajstić information content (AvgIpc) is 2.53. The molecule has 0 spiro atoms. The first kappa shape index (κ1) is 26.8. The smallest absolute Gasteiger partial charge is 0.302 e. The number of rotatable bonds is 14. The van der Waals surface area contributed by atoms with Crippen LogP contribution in [0.3, 0.4) is 0 Å². The van der Waals surface area contributed by atoms with Gasteiger partial charge in [-0.15, -0.1) is 0 Å². The molecule has 0 aromatic heterocycles. The van der Waals surface area contributed by atoms with Crippen LogP contribution >= 0.6 is 38.4 Å². The molecule has 10 heteroatoms. The Balaban J connectivity index is 6.03. The quantitative estimate of drug-likeness (QED) is 0.160. The Labute approximate surface area is 172 Å². The minimum Gasteiger partial charge on any atom is -0.302 e. The summed E-state index contributed by atoms with van der Waals surface area (Å²) >= 11 is 12.6. The van der Waals surface area contributed by atoms with Crippen LogP contribution in [0.25, 0.3) is 0 Å². The minimum absolute atomic E-state index is 0.185. The summed E-state index contributed by atoms with van der Waals surface area (Å²) in [6.45, 7) is 20.5. The van der Waals surface area contributed by atoms with Crippen molar-refractivity contribution in [3.8, 4) is 0 Å². The summed E-state index contributed by atoms with van der Waals surface area (Å²) < 4.78 is 45.5. The van der Waals surface area contributed by atoms with E-state index in [0.29, 0.717) is 22.3 Å². The fourth-order valence-corrected chi connectivity index (χ4v) is 6.71. The van der Waals surface area contributed by atoms with Crippen LogP contribution in [0.15, 0.2) is 48.6 Å². The highest BCUT2D eigenvalue weighted by molar-refractivity contribution is 7.80. The molecule has 0 aliphatic heterocycles. The second kappa shape index (κ2) is 11.1. The number of hydrogen-bond donors (Lipinski definition) is 0. The van der Waals surface area contributed by atoms with E-state index >= 15 is 0 Å². The molecule has 0 N–H and O–H groups in total. The summed E-state index contributed by atoms with van der Waals surface area (Å²) in [5.74, 6) is 0. The van der Waals surface area contributed by atoms with Crippen molar-refractivity contribution in [3.05, 3.63) is 48.6 Å². The van der Waals surface area contributed by atoms with Crippen LogP contribution in [0.1, 0.15) is 27.7 Å². The van der Waals surface area contributed by atoms with Crippen LogP contribution in [0.5, 0.6) is 0 Å². The van der Waals surface area contributed by atoms with E-state index in [-0.39, 0.29) is 26.4 Å². The van der Waals surface area contributed by atoms with E-state index in [1.165, 1.54) is 0 Å². The summed E-state index contributed by atoms with van der Waals surface area (Å²) in [6, 6.07) is 0. The van der Waals surface area contributed by atoms with Crippen molar-refractivity contribution in [2.45, 2.75) is 31.5 Å². The molecule has 156 valence electrons. The van der Waals surface area contributed by atoms with Crippen molar-refractivity contribution in [3.63, 3.8) is 0 Å². The van der Waals surface area contributed by atoms with Gasteiger partial charge < -0.3 is 18.1 Å². The Morgan fingerprint density at radius 3 is 1.00 bits per heavy atom. The number of alkyl halides is 2. The van der Waals surface area contributed by atoms with Gasteiger partial charge in [0.05, 0.1) is 26.4 Å². The van der Waals surface area contributed by atoms with E-state index in [2.05, 4.69) is 26.3 Å². The molecule has 0 radical (unpaired) electrons. The highest BCUT2D eigenvalue weighted by Gasteiger charge is 2.64. The van der Waals surface area contributed by atoms with E-state index < -0.39 is 19.0 Å². The maximum atomic E-state index is 13.4. The van der Waals surface area contributed by atoms with Crippen molar-refractivity contribution in [1.82, 2.24) is 0 Å². The number of hydrogen-bond acceptors (Lipinski definition) is 6. The van der Waals surface area contributed by atoms with Gasteiger partial charge in [0.1, 0.15) is 0 Å². The summed E-state index contributed by atoms with van der Waals surface area (Å²) in [7, 11) is -8.87. The zero-order valence-electron chi connectivity index (χ0n) is 16.3.